The van der Waals surface area contributed by atoms with E-state index in [0.29, 0.717) is 26.8 Å². The Kier molecular flexibility index (Phi) is 5.23. The van der Waals surface area contributed by atoms with Gasteiger partial charge in [-0.1, -0.05) is 34.8 Å². The molecular formula is C18H14Cl3N3O2. The van der Waals surface area contributed by atoms with E-state index in [2.05, 4.69) is 10.3 Å². The van der Waals surface area contributed by atoms with Crippen molar-refractivity contribution in [1.82, 2.24) is 14.9 Å². The maximum absolute atomic E-state index is 12.5. The molecule has 0 aliphatic heterocycles. The Hall–Kier alpha value is -2.08. The first-order valence-electron chi connectivity index (χ1n) is 7.70. The highest BCUT2D eigenvalue weighted by Gasteiger charge is 2.19. The normalized spacial score (nSPS) is 12.2. The molecule has 8 heteroatoms. The van der Waals surface area contributed by atoms with Crippen LogP contribution in [-0.2, 0) is 7.05 Å². The molecule has 134 valence electrons. The van der Waals surface area contributed by atoms with E-state index in [1.165, 1.54) is 10.6 Å². The molecule has 1 atom stereocenters. The lowest BCUT2D eigenvalue weighted by Gasteiger charge is -2.17. The van der Waals surface area contributed by atoms with Crippen molar-refractivity contribution >= 4 is 51.6 Å². The average Bonchev–Trinajstić information content (AvgIpc) is 2.57. The monoisotopic (exact) mass is 409 g/mol. The van der Waals surface area contributed by atoms with Crippen molar-refractivity contribution in [1.29, 1.82) is 0 Å². The third-order valence-electron chi connectivity index (χ3n) is 3.98. The van der Waals surface area contributed by atoms with Crippen molar-refractivity contribution in [3.05, 3.63) is 73.2 Å². The van der Waals surface area contributed by atoms with Crippen LogP contribution in [0.5, 0.6) is 0 Å². The molecule has 0 aliphatic carbocycles. The third kappa shape index (κ3) is 3.56. The Bertz CT molecular complexity index is 1080. The van der Waals surface area contributed by atoms with Gasteiger partial charge >= 0.3 is 0 Å². The van der Waals surface area contributed by atoms with Crippen molar-refractivity contribution < 1.29 is 4.79 Å². The van der Waals surface area contributed by atoms with Gasteiger partial charge in [-0.25, -0.2) is 4.98 Å². The van der Waals surface area contributed by atoms with Gasteiger partial charge in [0.15, 0.2) is 0 Å². The summed E-state index contributed by atoms with van der Waals surface area (Å²) in [6.07, 6.45) is 0. The predicted octanol–water partition coefficient (Wildman–Crippen LogP) is 4.38. The van der Waals surface area contributed by atoms with Crippen molar-refractivity contribution in [3.63, 3.8) is 0 Å². The van der Waals surface area contributed by atoms with Crippen LogP contribution in [-0.4, -0.2) is 15.5 Å². The number of carbonyl (C=O) groups excluding carboxylic acids is 1. The van der Waals surface area contributed by atoms with E-state index in [0.717, 1.165) is 0 Å². The van der Waals surface area contributed by atoms with Crippen molar-refractivity contribution in [2.45, 2.75) is 13.0 Å². The van der Waals surface area contributed by atoms with E-state index in [-0.39, 0.29) is 22.1 Å². The molecule has 0 bridgehead atoms. The summed E-state index contributed by atoms with van der Waals surface area (Å²) in [5.41, 5.74) is 0.547. The number of benzene rings is 2. The molecule has 0 fully saturated rings. The van der Waals surface area contributed by atoms with E-state index in [9.17, 15) is 9.59 Å². The van der Waals surface area contributed by atoms with Gasteiger partial charge in [-0.15, -0.1) is 0 Å². The van der Waals surface area contributed by atoms with Gasteiger partial charge < -0.3 is 5.32 Å². The van der Waals surface area contributed by atoms with Gasteiger partial charge in [-0.2, -0.15) is 0 Å². The summed E-state index contributed by atoms with van der Waals surface area (Å²) in [6, 6.07) is 8.98. The van der Waals surface area contributed by atoms with Gasteiger partial charge in [0, 0.05) is 17.1 Å². The van der Waals surface area contributed by atoms with Crippen LogP contribution in [0.3, 0.4) is 0 Å². The van der Waals surface area contributed by atoms with Gasteiger partial charge in [-0.05, 0) is 43.3 Å². The summed E-state index contributed by atoms with van der Waals surface area (Å²) < 4.78 is 1.41. The second kappa shape index (κ2) is 7.27. The number of carbonyl (C=O) groups is 1. The van der Waals surface area contributed by atoms with Crippen molar-refractivity contribution in [3.8, 4) is 0 Å². The minimum Gasteiger partial charge on any atom is -0.342 e. The molecule has 0 unspecified atom stereocenters. The molecule has 0 radical (unpaired) electrons. The van der Waals surface area contributed by atoms with E-state index < -0.39 is 6.04 Å². The maximum Gasteiger partial charge on any atom is 0.261 e. The lowest BCUT2D eigenvalue weighted by molar-refractivity contribution is 0.0938. The van der Waals surface area contributed by atoms with Gasteiger partial charge in [0.1, 0.15) is 5.82 Å². The fourth-order valence-electron chi connectivity index (χ4n) is 2.66. The van der Waals surface area contributed by atoms with Crippen molar-refractivity contribution in [2.24, 2.45) is 7.05 Å². The van der Waals surface area contributed by atoms with E-state index in [1.807, 2.05) is 0 Å². The Morgan fingerprint density at radius 3 is 2.46 bits per heavy atom. The molecule has 2 aromatic carbocycles. The first-order chi connectivity index (χ1) is 12.3. The van der Waals surface area contributed by atoms with Crippen LogP contribution in [0.25, 0.3) is 10.9 Å². The summed E-state index contributed by atoms with van der Waals surface area (Å²) in [7, 11) is 1.61. The lowest BCUT2D eigenvalue weighted by atomic mass is 10.2. The van der Waals surface area contributed by atoms with Gasteiger partial charge in [0.2, 0.25) is 0 Å². The smallest absolute Gasteiger partial charge is 0.261 e. The van der Waals surface area contributed by atoms with Crippen LogP contribution in [0.1, 0.15) is 29.1 Å². The molecule has 3 rings (SSSR count). The van der Waals surface area contributed by atoms with E-state index >= 15 is 0 Å². The van der Waals surface area contributed by atoms with Crippen LogP contribution < -0.4 is 10.9 Å². The van der Waals surface area contributed by atoms with Crippen LogP contribution in [0.2, 0.25) is 15.1 Å². The number of rotatable bonds is 3. The molecular weight excluding hydrogens is 397 g/mol. The summed E-state index contributed by atoms with van der Waals surface area (Å²) in [6.45, 7) is 1.74. The van der Waals surface area contributed by atoms with E-state index in [1.54, 1.807) is 44.3 Å². The molecule has 3 aromatic rings. The Labute approximate surface area is 164 Å². The molecule has 0 spiro atoms. The lowest BCUT2D eigenvalue weighted by Crippen LogP contribution is -2.32. The van der Waals surface area contributed by atoms with Crippen LogP contribution >= 0.6 is 34.8 Å². The zero-order valence-electron chi connectivity index (χ0n) is 13.9. The summed E-state index contributed by atoms with van der Waals surface area (Å²) in [5.74, 6) is 0.0165. The second-order valence-electron chi connectivity index (χ2n) is 5.81. The molecule has 1 aromatic heterocycles. The zero-order valence-corrected chi connectivity index (χ0v) is 16.2. The van der Waals surface area contributed by atoms with E-state index in [4.69, 9.17) is 34.8 Å². The van der Waals surface area contributed by atoms with Gasteiger partial charge in [0.05, 0.1) is 27.5 Å². The first-order valence-corrected chi connectivity index (χ1v) is 8.83. The molecule has 1 N–H and O–H groups in total. The quantitative estimate of drug-likeness (QED) is 0.697. The average molecular weight is 411 g/mol. The van der Waals surface area contributed by atoms with Crippen LogP contribution in [0.15, 0.2) is 41.2 Å². The maximum atomic E-state index is 12.5. The summed E-state index contributed by atoms with van der Waals surface area (Å²) in [5, 5.41) is 4.42. The highest BCUT2D eigenvalue weighted by molar-refractivity contribution is 6.36. The topological polar surface area (TPSA) is 64.0 Å². The molecule has 5 nitrogen and oxygen atoms in total. The molecule has 1 amide bonds. The van der Waals surface area contributed by atoms with Gasteiger partial charge in [0.25, 0.3) is 11.5 Å². The number of amides is 1. The second-order valence-corrected chi connectivity index (χ2v) is 7.10. The number of fused-ring (bicyclic) bond motifs is 1. The minimum atomic E-state index is -0.532. The predicted molar refractivity (Wildman–Crippen MR) is 104 cm³/mol. The van der Waals surface area contributed by atoms with Crippen LogP contribution in [0, 0.1) is 0 Å². The largest absolute Gasteiger partial charge is 0.342 e. The van der Waals surface area contributed by atoms with Crippen LogP contribution in [0.4, 0.5) is 0 Å². The number of nitrogens with one attached hydrogen (secondary N) is 1. The summed E-state index contributed by atoms with van der Waals surface area (Å²) in [4.78, 5) is 29.5. The number of nitrogens with zero attached hydrogens (tertiary/aromatic N) is 2. The molecule has 0 saturated heterocycles. The molecule has 26 heavy (non-hydrogen) atoms. The molecule has 1 heterocycles. The summed E-state index contributed by atoms with van der Waals surface area (Å²) >= 11 is 17.9. The third-order valence-corrected chi connectivity index (χ3v) is 4.77. The minimum absolute atomic E-state index is 0.215. The van der Waals surface area contributed by atoms with Crippen molar-refractivity contribution in [2.75, 3.05) is 0 Å². The Balaban J connectivity index is 1.97. The Morgan fingerprint density at radius 2 is 1.77 bits per heavy atom. The first kappa shape index (κ1) is 18.7. The number of hydrogen-bond acceptors (Lipinski definition) is 3. The SMILES string of the molecule is C[C@@H](NC(=O)c1ccc(Cl)cc1Cl)c1nc2cc(Cl)ccc2c(=O)n1C. The molecule has 0 saturated carbocycles. The number of aromatic nitrogens is 2. The zero-order chi connectivity index (χ0) is 19.0. The highest BCUT2D eigenvalue weighted by atomic mass is 35.5. The van der Waals surface area contributed by atoms with Gasteiger partial charge in [-0.3, -0.25) is 14.2 Å². The number of halogens is 3. The Morgan fingerprint density at radius 1 is 1.12 bits per heavy atom. The standard InChI is InChI=1S/C18H14Cl3N3O2/c1-9(22-17(25)12-5-3-10(19)7-14(12)21)16-23-15-8-11(20)4-6-13(15)18(26)24(16)2/h3-9H,1-2H3,(H,22,25)/t9-/m1/s1. The fourth-order valence-corrected chi connectivity index (χ4v) is 3.32. The molecule has 0 aliphatic rings. The highest BCUT2D eigenvalue weighted by Crippen LogP contribution is 2.22. The fraction of sp³-hybridized carbons (Fsp3) is 0.167. The number of hydrogen-bond donors (Lipinski definition) is 1.